The molecule has 5 nitrogen and oxygen atoms in total. The van der Waals surface area contributed by atoms with Crippen LogP contribution in [0.5, 0.6) is 0 Å². The lowest BCUT2D eigenvalue weighted by Gasteiger charge is -2.10. The number of halogens is 3. The van der Waals surface area contributed by atoms with Gasteiger partial charge in [0.05, 0.1) is 17.3 Å². The van der Waals surface area contributed by atoms with Crippen LogP contribution in [0.15, 0.2) is 35.3 Å². The average Bonchev–Trinajstić information content (AvgIpc) is 2.46. The molecule has 0 aromatic carbocycles. The number of H-pyrrole nitrogens is 1. The van der Waals surface area contributed by atoms with Gasteiger partial charge in [0.15, 0.2) is 11.7 Å². The first kappa shape index (κ1) is 16.4. The van der Waals surface area contributed by atoms with E-state index in [1.807, 2.05) is 0 Å². The maximum atomic E-state index is 12.5. The van der Waals surface area contributed by atoms with Gasteiger partial charge in [-0.25, -0.2) is 0 Å². The van der Waals surface area contributed by atoms with Crippen molar-refractivity contribution >= 4 is 5.78 Å². The second-order valence-electron chi connectivity index (χ2n) is 4.81. The van der Waals surface area contributed by atoms with Crippen molar-refractivity contribution in [3.05, 3.63) is 63.3 Å². The molecule has 0 aliphatic heterocycles. The largest absolute Gasteiger partial charge is 0.417 e. The Balaban J connectivity index is 2.38. The number of alkyl halides is 3. The lowest BCUT2D eigenvalue weighted by molar-refractivity contribution is -0.137. The highest BCUT2D eigenvalue weighted by atomic mass is 19.4. The van der Waals surface area contributed by atoms with Gasteiger partial charge in [0.1, 0.15) is 0 Å². The lowest BCUT2D eigenvalue weighted by Crippen LogP contribution is -2.17. The van der Waals surface area contributed by atoms with E-state index >= 15 is 0 Å². The predicted molar refractivity (Wildman–Crippen MR) is 73.7 cm³/mol. The number of carbonyl (C=O) groups excluding carboxylic acids is 1. The Kier molecular flexibility index (Phi) is 4.31. The SMILES string of the molecule is Cc1cc(C(=O)[C@@H](C#N)c2ccc(C(F)(F)F)cn2)cc(=O)[nH]1. The smallest absolute Gasteiger partial charge is 0.326 e. The third-order valence-corrected chi connectivity index (χ3v) is 3.06. The Labute approximate surface area is 128 Å². The summed E-state index contributed by atoms with van der Waals surface area (Å²) in [6.45, 7) is 1.57. The summed E-state index contributed by atoms with van der Waals surface area (Å²) in [4.78, 5) is 29.7. The normalized spacial score (nSPS) is 12.5. The average molecular weight is 321 g/mol. The van der Waals surface area contributed by atoms with E-state index in [2.05, 4.69) is 9.97 Å². The van der Waals surface area contributed by atoms with E-state index in [1.165, 1.54) is 6.07 Å². The molecule has 1 N–H and O–H groups in total. The molecule has 8 heteroatoms. The highest BCUT2D eigenvalue weighted by Gasteiger charge is 2.31. The fourth-order valence-corrected chi connectivity index (χ4v) is 1.99. The molecular formula is C15H10F3N3O2. The number of nitrogens with zero attached hydrogens (tertiary/aromatic N) is 2. The van der Waals surface area contributed by atoms with Gasteiger partial charge >= 0.3 is 6.18 Å². The van der Waals surface area contributed by atoms with Gasteiger partial charge in [-0.05, 0) is 25.1 Å². The fraction of sp³-hybridized carbons (Fsp3) is 0.200. The van der Waals surface area contributed by atoms with Crippen molar-refractivity contribution < 1.29 is 18.0 Å². The zero-order valence-electron chi connectivity index (χ0n) is 11.8. The summed E-state index contributed by atoms with van der Waals surface area (Å²) < 4.78 is 37.5. The number of rotatable bonds is 3. The summed E-state index contributed by atoms with van der Waals surface area (Å²) in [6.07, 6.45) is -3.99. The molecule has 0 aliphatic carbocycles. The van der Waals surface area contributed by atoms with Crippen LogP contribution in [0.1, 0.15) is 33.2 Å². The number of pyridine rings is 2. The first-order valence-corrected chi connectivity index (χ1v) is 6.40. The van der Waals surface area contributed by atoms with E-state index in [9.17, 15) is 22.8 Å². The molecule has 0 amide bonds. The van der Waals surface area contributed by atoms with Crippen molar-refractivity contribution in [3.63, 3.8) is 0 Å². The van der Waals surface area contributed by atoms with Gasteiger partial charge in [0, 0.05) is 23.5 Å². The predicted octanol–water partition coefficient (Wildman–Crippen LogP) is 2.59. The maximum Gasteiger partial charge on any atom is 0.417 e. The minimum Gasteiger partial charge on any atom is -0.326 e. The Morgan fingerprint density at radius 2 is 2.04 bits per heavy atom. The van der Waals surface area contributed by atoms with Crippen molar-refractivity contribution in [2.24, 2.45) is 0 Å². The van der Waals surface area contributed by atoms with E-state index in [-0.39, 0.29) is 11.3 Å². The zero-order valence-corrected chi connectivity index (χ0v) is 11.8. The van der Waals surface area contributed by atoms with Crippen LogP contribution in [0.2, 0.25) is 0 Å². The number of nitriles is 1. The van der Waals surface area contributed by atoms with Crippen molar-refractivity contribution in [1.82, 2.24) is 9.97 Å². The van der Waals surface area contributed by atoms with Crippen LogP contribution in [0.25, 0.3) is 0 Å². The van der Waals surface area contributed by atoms with E-state index in [0.717, 1.165) is 18.2 Å². The third kappa shape index (κ3) is 3.63. The van der Waals surface area contributed by atoms with Crippen LogP contribution in [0.3, 0.4) is 0 Å². The first-order valence-electron chi connectivity index (χ1n) is 6.40. The van der Waals surface area contributed by atoms with Gasteiger partial charge in [-0.3, -0.25) is 14.6 Å². The summed E-state index contributed by atoms with van der Waals surface area (Å²) in [5, 5.41) is 9.16. The summed E-state index contributed by atoms with van der Waals surface area (Å²) in [7, 11) is 0. The fourth-order valence-electron chi connectivity index (χ4n) is 1.99. The number of ketones is 1. The van der Waals surface area contributed by atoms with Gasteiger partial charge in [-0.15, -0.1) is 0 Å². The van der Waals surface area contributed by atoms with Crippen LogP contribution < -0.4 is 5.56 Å². The van der Waals surface area contributed by atoms with Crippen LogP contribution in [-0.4, -0.2) is 15.8 Å². The monoisotopic (exact) mass is 321 g/mol. The summed E-state index contributed by atoms with van der Waals surface area (Å²) >= 11 is 0. The lowest BCUT2D eigenvalue weighted by atomic mass is 9.95. The molecule has 0 unspecified atom stereocenters. The number of aryl methyl sites for hydroxylation is 1. The molecule has 1 atom stereocenters. The number of carbonyl (C=O) groups is 1. The minimum absolute atomic E-state index is 0.000465. The number of aromatic amines is 1. The highest BCUT2D eigenvalue weighted by molar-refractivity contribution is 6.02. The Hall–Kier alpha value is -2.95. The number of Topliss-reactive ketones (excluding diaryl/α,β-unsaturated/α-hetero) is 1. The molecule has 0 spiro atoms. The van der Waals surface area contributed by atoms with Crippen LogP contribution >= 0.6 is 0 Å². The standard InChI is InChI=1S/C15H10F3N3O2/c1-8-4-9(5-13(22)21-8)14(23)11(6-19)12-3-2-10(7-20-12)15(16,17)18/h2-5,7,11H,1H3,(H,21,22)/t11-/m0/s1. The van der Waals surface area contributed by atoms with Crippen LogP contribution in [0, 0.1) is 18.3 Å². The van der Waals surface area contributed by atoms with Crippen LogP contribution in [-0.2, 0) is 6.18 Å². The number of hydrogen-bond donors (Lipinski definition) is 1. The Morgan fingerprint density at radius 3 is 2.52 bits per heavy atom. The van der Waals surface area contributed by atoms with Gasteiger partial charge < -0.3 is 4.98 Å². The third-order valence-electron chi connectivity index (χ3n) is 3.06. The molecule has 0 saturated carbocycles. The quantitative estimate of drug-likeness (QED) is 0.880. The van der Waals surface area contributed by atoms with Gasteiger partial charge in [-0.2, -0.15) is 18.4 Å². The van der Waals surface area contributed by atoms with E-state index in [0.29, 0.717) is 11.9 Å². The van der Waals surface area contributed by atoms with Crippen LogP contribution in [0.4, 0.5) is 13.2 Å². The molecule has 2 heterocycles. The second-order valence-corrected chi connectivity index (χ2v) is 4.81. The van der Waals surface area contributed by atoms with E-state index in [1.54, 1.807) is 13.0 Å². The van der Waals surface area contributed by atoms with Crippen molar-refractivity contribution in [3.8, 4) is 6.07 Å². The first-order chi connectivity index (χ1) is 10.7. The topological polar surface area (TPSA) is 86.6 Å². The molecule has 0 aliphatic rings. The summed E-state index contributed by atoms with van der Waals surface area (Å²) in [5.74, 6) is -2.09. The van der Waals surface area contributed by atoms with Crippen molar-refractivity contribution in [2.45, 2.75) is 19.0 Å². The van der Waals surface area contributed by atoms with E-state index in [4.69, 9.17) is 5.26 Å². The summed E-state index contributed by atoms with van der Waals surface area (Å²) in [5.41, 5.74) is -1.16. The Morgan fingerprint density at radius 1 is 1.35 bits per heavy atom. The van der Waals surface area contributed by atoms with Gasteiger partial charge in [0.25, 0.3) is 0 Å². The summed E-state index contributed by atoms with van der Waals surface area (Å²) in [6, 6.07) is 5.86. The molecule has 2 aromatic heterocycles. The van der Waals surface area contributed by atoms with Gasteiger partial charge in [0.2, 0.25) is 5.56 Å². The Bertz CT molecular complexity index is 833. The maximum absolute atomic E-state index is 12.5. The van der Waals surface area contributed by atoms with Gasteiger partial charge in [-0.1, -0.05) is 0 Å². The molecule has 0 fully saturated rings. The zero-order chi connectivity index (χ0) is 17.2. The molecule has 0 saturated heterocycles. The van der Waals surface area contributed by atoms with E-state index < -0.39 is 29.0 Å². The molecule has 118 valence electrons. The second kappa shape index (κ2) is 6.04. The van der Waals surface area contributed by atoms with Crippen molar-refractivity contribution in [1.29, 1.82) is 5.26 Å². The number of hydrogen-bond acceptors (Lipinski definition) is 4. The number of aromatic nitrogens is 2. The molecule has 0 radical (unpaired) electrons. The molecule has 0 bridgehead atoms. The minimum atomic E-state index is -4.55. The molecule has 23 heavy (non-hydrogen) atoms. The molecule has 2 aromatic rings. The number of nitrogens with one attached hydrogen (secondary N) is 1. The molecule has 2 rings (SSSR count). The highest BCUT2D eigenvalue weighted by Crippen LogP contribution is 2.29. The molecular weight excluding hydrogens is 311 g/mol. The van der Waals surface area contributed by atoms with Crippen molar-refractivity contribution in [2.75, 3.05) is 0 Å².